The Hall–Kier alpha value is -1.86. The molecule has 2 N–H and O–H groups in total. The van der Waals surface area contributed by atoms with Gasteiger partial charge in [0.25, 0.3) is 0 Å². The van der Waals surface area contributed by atoms with Crippen molar-refractivity contribution >= 4 is 11.6 Å². The SMILES string of the molecule is CC1(C(=O)Nc2ccc(CC#N)cc2)CCCN1. The van der Waals surface area contributed by atoms with E-state index in [1.165, 1.54) is 0 Å². The van der Waals surface area contributed by atoms with Crippen molar-refractivity contribution in [2.24, 2.45) is 0 Å². The highest BCUT2D eigenvalue weighted by Gasteiger charge is 2.35. The lowest BCUT2D eigenvalue weighted by molar-refractivity contribution is -0.121. The summed E-state index contributed by atoms with van der Waals surface area (Å²) in [6.07, 6.45) is 2.30. The number of benzene rings is 1. The van der Waals surface area contributed by atoms with Crippen LogP contribution in [0.1, 0.15) is 25.3 Å². The number of hydrogen-bond acceptors (Lipinski definition) is 3. The molecule has 1 atom stereocenters. The van der Waals surface area contributed by atoms with Crippen LogP contribution in [-0.2, 0) is 11.2 Å². The number of hydrogen-bond donors (Lipinski definition) is 2. The number of nitriles is 1. The Bertz CT molecular complexity index is 467. The maximum atomic E-state index is 12.1. The minimum Gasteiger partial charge on any atom is -0.324 e. The molecule has 1 unspecified atom stereocenters. The van der Waals surface area contributed by atoms with E-state index in [4.69, 9.17) is 5.26 Å². The molecule has 0 saturated carbocycles. The quantitative estimate of drug-likeness (QED) is 0.851. The Morgan fingerprint density at radius 3 is 2.78 bits per heavy atom. The summed E-state index contributed by atoms with van der Waals surface area (Å²) in [6.45, 7) is 2.82. The van der Waals surface area contributed by atoms with Gasteiger partial charge in [-0.05, 0) is 44.0 Å². The molecule has 0 spiro atoms. The fourth-order valence-electron chi connectivity index (χ4n) is 2.15. The predicted octanol–water partition coefficient (Wildman–Crippen LogP) is 1.83. The Morgan fingerprint density at radius 2 is 2.22 bits per heavy atom. The number of carbonyl (C=O) groups excluding carboxylic acids is 1. The summed E-state index contributed by atoms with van der Waals surface area (Å²) >= 11 is 0. The molecule has 4 nitrogen and oxygen atoms in total. The Kier molecular flexibility index (Phi) is 3.63. The van der Waals surface area contributed by atoms with Crippen molar-refractivity contribution in [3.8, 4) is 6.07 Å². The third-order valence-electron chi connectivity index (χ3n) is 3.36. The summed E-state index contributed by atoms with van der Waals surface area (Å²) in [7, 11) is 0. The van der Waals surface area contributed by atoms with Gasteiger partial charge in [-0.2, -0.15) is 5.26 Å². The van der Waals surface area contributed by atoms with Gasteiger partial charge >= 0.3 is 0 Å². The van der Waals surface area contributed by atoms with Crippen LogP contribution in [0.15, 0.2) is 24.3 Å². The summed E-state index contributed by atoms with van der Waals surface area (Å²) in [5.74, 6) is 0.00744. The first kappa shape index (κ1) is 12.6. The Balaban J connectivity index is 2.01. The highest BCUT2D eigenvalue weighted by Crippen LogP contribution is 2.21. The van der Waals surface area contributed by atoms with Crippen LogP contribution in [0.4, 0.5) is 5.69 Å². The van der Waals surface area contributed by atoms with E-state index in [0.717, 1.165) is 30.6 Å². The van der Waals surface area contributed by atoms with Crippen LogP contribution in [0.5, 0.6) is 0 Å². The molecule has 0 aliphatic carbocycles. The summed E-state index contributed by atoms with van der Waals surface area (Å²) in [5, 5.41) is 14.7. The van der Waals surface area contributed by atoms with Gasteiger partial charge in [-0.1, -0.05) is 12.1 Å². The molecule has 0 aromatic heterocycles. The zero-order valence-corrected chi connectivity index (χ0v) is 10.5. The predicted molar refractivity (Wildman–Crippen MR) is 70.0 cm³/mol. The zero-order chi connectivity index (χ0) is 13.0. The van der Waals surface area contributed by atoms with Gasteiger partial charge in [0, 0.05) is 5.69 Å². The van der Waals surface area contributed by atoms with E-state index in [2.05, 4.69) is 16.7 Å². The fourth-order valence-corrected chi connectivity index (χ4v) is 2.15. The average molecular weight is 243 g/mol. The van der Waals surface area contributed by atoms with Crippen LogP contribution in [0, 0.1) is 11.3 Å². The number of anilines is 1. The van der Waals surface area contributed by atoms with Gasteiger partial charge < -0.3 is 10.6 Å². The molecule has 94 valence electrons. The second kappa shape index (κ2) is 5.19. The normalized spacial score (nSPS) is 22.4. The van der Waals surface area contributed by atoms with Crippen molar-refractivity contribution in [1.82, 2.24) is 5.32 Å². The lowest BCUT2D eigenvalue weighted by Crippen LogP contribution is -2.47. The van der Waals surface area contributed by atoms with Crippen LogP contribution in [-0.4, -0.2) is 18.0 Å². The van der Waals surface area contributed by atoms with E-state index in [1.54, 1.807) is 0 Å². The number of nitrogens with one attached hydrogen (secondary N) is 2. The molecule has 1 amide bonds. The molecule has 1 aromatic carbocycles. The molecule has 1 fully saturated rings. The lowest BCUT2D eigenvalue weighted by Gasteiger charge is -2.23. The van der Waals surface area contributed by atoms with Gasteiger partial charge in [0.15, 0.2) is 0 Å². The van der Waals surface area contributed by atoms with E-state index in [9.17, 15) is 4.79 Å². The molecule has 1 aliphatic rings. The Morgan fingerprint density at radius 1 is 1.50 bits per heavy atom. The first-order valence-corrected chi connectivity index (χ1v) is 6.16. The number of carbonyl (C=O) groups is 1. The van der Waals surface area contributed by atoms with Crippen LogP contribution < -0.4 is 10.6 Å². The summed E-state index contributed by atoms with van der Waals surface area (Å²) < 4.78 is 0. The van der Waals surface area contributed by atoms with E-state index < -0.39 is 5.54 Å². The standard InChI is InChI=1S/C14H17N3O/c1-14(8-2-10-16-14)13(18)17-12-5-3-11(4-6-12)7-9-15/h3-6,16H,2,7-8,10H2,1H3,(H,17,18). The maximum Gasteiger partial charge on any atom is 0.244 e. The van der Waals surface area contributed by atoms with Crippen LogP contribution in [0.2, 0.25) is 0 Å². The van der Waals surface area contributed by atoms with E-state index in [0.29, 0.717) is 6.42 Å². The second-order valence-corrected chi connectivity index (χ2v) is 4.85. The monoisotopic (exact) mass is 243 g/mol. The minimum atomic E-state index is -0.453. The largest absolute Gasteiger partial charge is 0.324 e. The van der Waals surface area contributed by atoms with Gasteiger partial charge in [0.05, 0.1) is 18.0 Å². The third kappa shape index (κ3) is 2.69. The second-order valence-electron chi connectivity index (χ2n) is 4.85. The first-order valence-electron chi connectivity index (χ1n) is 6.16. The van der Waals surface area contributed by atoms with Gasteiger partial charge in [0.2, 0.25) is 5.91 Å². The molecule has 1 saturated heterocycles. The molecule has 0 bridgehead atoms. The summed E-state index contributed by atoms with van der Waals surface area (Å²) in [4.78, 5) is 12.1. The zero-order valence-electron chi connectivity index (χ0n) is 10.5. The van der Waals surface area contributed by atoms with Crippen LogP contribution in [0.3, 0.4) is 0 Å². The minimum absolute atomic E-state index is 0.00744. The molecule has 1 heterocycles. The van der Waals surface area contributed by atoms with Gasteiger partial charge in [0.1, 0.15) is 0 Å². The van der Waals surface area contributed by atoms with Crippen molar-refractivity contribution in [2.45, 2.75) is 31.7 Å². The van der Waals surface area contributed by atoms with Crippen molar-refractivity contribution in [1.29, 1.82) is 5.26 Å². The first-order chi connectivity index (χ1) is 8.64. The van der Waals surface area contributed by atoms with E-state index >= 15 is 0 Å². The molecule has 18 heavy (non-hydrogen) atoms. The fraction of sp³-hybridized carbons (Fsp3) is 0.429. The van der Waals surface area contributed by atoms with Crippen molar-refractivity contribution in [3.63, 3.8) is 0 Å². The molecule has 0 radical (unpaired) electrons. The number of nitrogens with zero attached hydrogens (tertiary/aromatic N) is 1. The third-order valence-corrected chi connectivity index (χ3v) is 3.36. The van der Waals surface area contributed by atoms with Gasteiger partial charge in [-0.3, -0.25) is 4.79 Å². The number of amides is 1. The van der Waals surface area contributed by atoms with Gasteiger partial charge in [-0.15, -0.1) is 0 Å². The van der Waals surface area contributed by atoms with E-state index in [-0.39, 0.29) is 5.91 Å². The van der Waals surface area contributed by atoms with Crippen LogP contribution in [0.25, 0.3) is 0 Å². The van der Waals surface area contributed by atoms with Crippen molar-refractivity contribution in [3.05, 3.63) is 29.8 Å². The van der Waals surface area contributed by atoms with E-state index in [1.807, 2.05) is 31.2 Å². The highest BCUT2D eigenvalue weighted by molar-refractivity contribution is 5.98. The van der Waals surface area contributed by atoms with Gasteiger partial charge in [-0.25, -0.2) is 0 Å². The van der Waals surface area contributed by atoms with Crippen LogP contribution >= 0.6 is 0 Å². The lowest BCUT2D eigenvalue weighted by atomic mass is 9.99. The topological polar surface area (TPSA) is 64.9 Å². The smallest absolute Gasteiger partial charge is 0.244 e. The molecular weight excluding hydrogens is 226 g/mol. The summed E-state index contributed by atoms with van der Waals surface area (Å²) in [5.41, 5.74) is 1.28. The molecular formula is C14H17N3O. The molecule has 2 rings (SSSR count). The highest BCUT2D eigenvalue weighted by atomic mass is 16.2. The maximum absolute atomic E-state index is 12.1. The molecule has 4 heteroatoms. The Labute approximate surface area is 107 Å². The summed E-state index contributed by atoms with van der Waals surface area (Å²) in [6, 6.07) is 9.50. The average Bonchev–Trinajstić information content (AvgIpc) is 2.80. The van der Waals surface area contributed by atoms with Crippen molar-refractivity contribution < 1.29 is 4.79 Å². The molecule has 1 aliphatic heterocycles. The number of rotatable bonds is 3. The molecule has 1 aromatic rings. The van der Waals surface area contributed by atoms with Crippen molar-refractivity contribution in [2.75, 3.05) is 11.9 Å².